The fourth-order valence-electron chi connectivity index (χ4n) is 5.27. The van der Waals surface area contributed by atoms with Gasteiger partial charge in [-0.1, -0.05) is 37.0 Å². The Morgan fingerprint density at radius 1 is 0.938 bits per heavy atom. The summed E-state index contributed by atoms with van der Waals surface area (Å²) in [5, 5.41) is 3.16. The van der Waals surface area contributed by atoms with Gasteiger partial charge in [0.2, 0.25) is 10.0 Å². The van der Waals surface area contributed by atoms with Crippen LogP contribution in [0.5, 0.6) is 0 Å². The number of carbonyl (C=O) groups excluding carboxylic acids is 1. The Morgan fingerprint density at radius 2 is 1.56 bits per heavy atom. The van der Waals surface area contributed by atoms with E-state index in [1.807, 2.05) is 32.0 Å². The van der Waals surface area contributed by atoms with E-state index in [4.69, 9.17) is 0 Å². The number of nitrogens with one attached hydrogen (secondary N) is 1. The van der Waals surface area contributed by atoms with Gasteiger partial charge in [-0.2, -0.15) is 4.31 Å². The van der Waals surface area contributed by atoms with Crippen LogP contribution in [0.2, 0.25) is 0 Å². The van der Waals surface area contributed by atoms with E-state index < -0.39 is 10.0 Å². The Labute approximate surface area is 192 Å². The number of benzene rings is 1. The van der Waals surface area contributed by atoms with Crippen molar-refractivity contribution in [3.8, 4) is 0 Å². The number of aromatic nitrogens is 1. The van der Waals surface area contributed by atoms with Gasteiger partial charge in [0, 0.05) is 36.6 Å². The summed E-state index contributed by atoms with van der Waals surface area (Å²) in [6.45, 7) is 6.92. The number of aryl methyl sites for hydroxylation is 2. The average molecular weight is 458 g/mol. The van der Waals surface area contributed by atoms with Gasteiger partial charge in [0.05, 0.1) is 10.5 Å². The van der Waals surface area contributed by atoms with Gasteiger partial charge in [-0.3, -0.25) is 4.79 Å². The first-order chi connectivity index (χ1) is 15.3. The van der Waals surface area contributed by atoms with Crippen molar-refractivity contribution in [1.29, 1.82) is 0 Å². The Kier molecular flexibility index (Phi) is 6.77. The molecule has 0 unspecified atom stereocenters. The van der Waals surface area contributed by atoms with E-state index in [2.05, 4.69) is 16.8 Å². The number of rotatable bonds is 5. The van der Waals surface area contributed by atoms with Crippen molar-refractivity contribution in [1.82, 2.24) is 14.2 Å². The van der Waals surface area contributed by atoms with Crippen molar-refractivity contribution in [2.24, 2.45) is 0 Å². The molecule has 1 saturated heterocycles. The zero-order valence-corrected chi connectivity index (χ0v) is 20.2. The summed E-state index contributed by atoms with van der Waals surface area (Å²) in [4.78, 5) is 13.4. The van der Waals surface area contributed by atoms with Crippen LogP contribution in [-0.2, 0) is 10.0 Å². The lowest BCUT2D eigenvalue weighted by Gasteiger charge is -2.31. The third-order valence-electron chi connectivity index (χ3n) is 7.12. The molecule has 2 fully saturated rings. The van der Waals surface area contributed by atoms with Crippen LogP contribution in [0.15, 0.2) is 35.2 Å². The molecule has 2 aliphatic rings. The predicted octanol–water partition coefficient (Wildman–Crippen LogP) is 4.50. The predicted molar refractivity (Wildman–Crippen MR) is 126 cm³/mol. The smallest absolute Gasteiger partial charge is 0.253 e. The average Bonchev–Trinajstić information content (AvgIpc) is 3.09. The highest BCUT2D eigenvalue weighted by molar-refractivity contribution is 7.89. The largest absolute Gasteiger partial charge is 0.349 e. The number of sulfonamides is 1. The van der Waals surface area contributed by atoms with Gasteiger partial charge in [0.1, 0.15) is 0 Å². The van der Waals surface area contributed by atoms with Gasteiger partial charge in [0.25, 0.3) is 5.91 Å². The maximum atomic E-state index is 13.1. The van der Waals surface area contributed by atoms with Crippen LogP contribution in [0.3, 0.4) is 0 Å². The quantitative estimate of drug-likeness (QED) is 0.718. The minimum Gasteiger partial charge on any atom is -0.349 e. The highest BCUT2D eigenvalue weighted by atomic mass is 32.2. The van der Waals surface area contributed by atoms with Crippen molar-refractivity contribution >= 4 is 15.9 Å². The Balaban J connectivity index is 1.38. The number of hydrogen-bond acceptors (Lipinski definition) is 3. The molecule has 1 aromatic carbocycles. The lowest BCUT2D eigenvalue weighted by Crippen LogP contribution is -2.46. The van der Waals surface area contributed by atoms with E-state index in [1.165, 1.54) is 36.4 Å². The summed E-state index contributed by atoms with van der Waals surface area (Å²) in [7, 11) is -3.49. The molecule has 1 aliphatic heterocycles. The van der Waals surface area contributed by atoms with E-state index in [0.717, 1.165) is 22.5 Å². The maximum absolute atomic E-state index is 13.1. The normalized spacial score (nSPS) is 19.2. The van der Waals surface area contributed by atoms with Crippen molar-refractivity contribution in [3.05, 3.63) is 52.8 Å². The van der Waals surface area contributed by atoms with E-state index in [-0.39, 0.29) is 11.9 Å². The fraction of sp³-hybridized carbons (Fsp3) is 0.560. The molecule has 2 heterocycles. The van der Waals surface area contributed by atoms with Crippen molar-refractivity contribution < 1.29 is 13.2 Å². The minimum atomic E-state index is -3.49. The van der Waals surface area contributed by atoms with Crippen LogP contribution in [0.4, 0.5) is 0 Å². The Hall–Kier alpha value is -2.12. The molecule has 174 valence electrons. The summed E-state index contributed by atoms with van der Waals surface area (Å²) in [5.74, 6) is -0.0417. The second-order valence-electron chi connectivity index (χ2n) is 9.41. The van der Waals surface area contributed by atoms with Gasteiger partial charge in [-0.25, -0.2) is 8.42 Å². The topological polar surface area (TPSA) is 71.4 Å². The number of piperidine rings is 1. The monoisotopic (exact) mass is 457 g/mol. The molecule has 7 heteroatoms. The van der Waals surface area contributed by atoms with Crippen molar-refractivity contribution in [2.75, 3.05) is 13.1 Å². The molecular formula is C25H35N3O3S. The lowest BCUT2D eigenvalue weighted by atomic mass is 9.95. The molecular weight excluding hydrogens is 422 g/mol. The van der Waals surface area contributed by atoms with Gasteiger partial charge < -0.3 is 9.88 Å². The van der Waals surface area contributed by atoms with Gasteiger partial charge in [-0.15, -0.1) is 0 Å². The molecule has 0 spiro atoms. The van der Waals surface area contributed by atoms with E-state index in [0.29, 0.717) is 36.9 Å². The molecule has 0 atom stereocenters. The van der Waals surface area contributed by atoms with Gasteiger partial charge in [0.15, 0.2) is 0 Å². The molecule has 0 radical (unpaired) electrons. The molecule has 1 N–H and O–H groups in total. The van der Waals surface area contributed by atoms with Crippen LogP contribution in [0, 0.1) is 20.8 Å². The molecule has 1 aliphatic carbocycles. The third-order valence-corrected chi connectivity index (χ3v) is 9.03. The number of carbonyl (C=O) groups is 1. The molecule has 32 heavy (non-hydrogen) atoms. The van der Waals surface area contributed by atoms with E-state index in [9.17, 15) is 13.2 Å². The maximum Gasteiger partial charge on any atom is 0.253 e. The van der Waals surface area contributed by atoms with Crippen LogP contribution in [0.1, 0.15) is 78.3 Å². The van der Waals surface area contributed by atoms with Crippen LogP contribution in [0.25, 0.3) is 0 Å². The molecule has 2 aromatic rings. The molecule has 1 aromatic heterocycles. The molecule has 0 bridgehead atoms. The zero-order chi connectivity index (χ0) is 22.9. The first-order valence-corrected chi connectivity index (χ1v) is 13.3. The van der Waals surface area contributed by atoms with Crippen molar-refractivity contribution in [2.45, 2.75) is 82.7 Å². The Bertz CT molecular complexity index is 1060. The number of hydrogen-bond donors (Lipinski definition) is 1. The fourth-order valence-corrected chi connectivity index (χ4v) is 6.74. The van der Waals surface area contributed by atoms with E-state index in [1.54, 1.807) is 12.1 Å². The number of amides is 1. The number of nitrogens with zero attached hydrogens (tertiary/aromatic N) is 2. The second kappa shape index (κ2) is 9.40. The molecule has 1 amide bonds. The van der Waals surface area contributed by atoms with Gasteiger partial charge >= 0.3 is 0 Å². The highest BCUT2D eigenvalue weighted by Gasteiger charge is 2.31. The third kappa shape index (κ3) is 4.64. The molecule has 4 rings (SSSR count). The van der Waals surface area contributed by atoms with Crippen molar-refractivity contribution in [3.63, 3.8) is 0 Å². The SMILES string of the molecule is Cc1ccc(S(=O)(=O)N2CCC(NC(=O)c3cc(C)n(C4CCCCC4)c3C)CC2)cc1. The summed E-state index contributed by atoms with van der Waals surface area (Å²) in [6.07, 6.45) is 7.44. The summed E-state index contributed by atoms with van der Waals surface area (Å²) in [5.41, 5.74) is 3.99. The molecule has 1 saturated carbocycles. The zero-order valence-electron chi connectivity index (χ0n) is 19.4. The first kappa shape index (κ1) is 23.1. The first-order valence-electron chi connectivity index (χ1n) is 11.8. The van der Waals surface area contributed by atoms with Gasteiger partial charge in [-0.05, 0) is 64.7 Å². The van der Waals surface area contributed by atoms with Crippen LogP contribution >= 0.6 is 0 Å². The standard InChI is InChI=1S/C25H35N3O3S/c1-18-9-11-23(12-10-18)32(30,31)27-15-13-21(14-16-27)26-25(29)24-17-19(2)28(20(24)3)22-7-5-4-6-8-22/h9-12,17,21-22H,4-8,13-16H2,1-3H3,(H,26,29). The Morgan fingerprint density at radius 3 is 2.19 bits per heavy atom. The van der Waals surface area contributed by atoms with Crippen LogP contribution < -0.4 is 5.32 Å². The van der Waals surface area contributed by atoms with E-state index >= 15 is 0 Å². The van der Waals surface area contributed by atoms with Crippen LogP contribution in [-0.4, -0.2) is 42.3 Å². The second-order valence-corrected chi connectivity index (χ2v) is 11.3. The molecule has 6 nitrogen and oxygen atoms in total. The summed E-state index contributed by atoms with van der Waals surface area (Å²) in [6, 6.07) is 9.48. The summed E-state index contributed by atoms with van der Waals surface area (Å²) >= 11 is 0. The highest BCUT2D eigenvalue weighted by Crippen LogP contribution is 2.32. The lowest BCUT2D eigenvalue weighted by molar-refractivity contribution is 0.0923. The minimum absolute atomic E-state index is 0.00953. The summed E-state index contributed by atoms with van der Waals surface area (Å²) < 4.78 is 29.7.